The van der Waals surface area contributed by atoms with E-state index < -0.39 is 0 Å². The Hall–Kier alpha value is -2.49. The van der Waals surface area contributed by atoms with Gasteiger partial charge in [-0.05, 0) is 24.6 Å². The van der Waals surface area contributed by atoms with Crippen molar-refractivity contribution in [2.45, 2.75) is 13.5 Å². The summed E-state index contributed by atoms with van der Waals surface area (Å²) in [6.45, 7) is 2.17. The van der Waals surface area contributed by atoms with Crippen LogP contribution in [0.15, 0.2) is 48.5 Å². The van der Waals surface area contributed by atoms with Gasteiger partial charge < -0.3 is 0 Å². The Morgan fingerprint density at radius 1 is 1.05 bits per heavy atom. The molecule has 0 aliphatic carbocycles. The van der Waals surface area contributed by atoms with Gasteiger partial charge in [-0.15, -0.1) is 0 Å². The zero-order valence-corrected chi connectivity index (χ0v) is 10.6. The maximum absolute atomic E-state index is 12.1. The van der Waals surface area contributed by atoms with Crippen molar-refractivity contribution in [3.8, 4) is 0 Å². The van der Waals surface area contributed by atoms with E-state index in [2.05, 4.69) is 10.2 Å². The molecule has 4 nitrogen and oxygen atoms in total. The number of hydrogen-bond acceptors (Lipinski definition) is 3. The fraction of sp³-hybridized carbons (Fsp3) is 0.133. The molecule has 4 heteroatoms. The van der Waals surface area contributed by atoms with Gasteiger partial charge in [-0.3, -0.25) is 4.79 Å². The largest absolute Gasteiger partial charge is 0.292 e. The van der Waals surface area contributed by atoms with Gasteiger partial charge in [-0.25, -0.2) is 0 Å². The third kappa shape index (κ3) is 2.38. The zero-order valence-electron chi connectivity index (χ0n) is 10.6. The Labute approximate surface area is 110 Å². The topological polar surface area (TPSA) is 47.8 Å². The molecule has 0 N–H and O–H groups in total. The minimum absolute atomic E-state index is 0.0117. The molecule has 1 aromatic heterocycles. The minimum Gasteiger partial charge on any atom is -0.292 e. The molecule has 1 heterocycles. The van der Waals surface area contributed by atoms with E-state index in [1.54, 1.807) is 12.1 Å². The third-order valence-corrected chi connectivity index (χ3v) is 2.96. The van der Waals surface area contributed by atoms with Crippen LogP contribution in [0.4, 0.5) is 0 Å². The Balaban J connectivity index is 1.87. The molecule has 3 rings (SSSR count). The molecule has 19 heavy (non-hydrogen) atoms. The predicted octanol–water partition coefficient (Wildman–Crippen LogP) is 2.62. The summed E-state index contributed by atoms with van der Waals surface area (Å²) in [4.78, 5) is 13.5. The lowest BCUT2D eigenvalue weighted by molar-refractivity contribution is 0.0962. The van der Waals surface area contributed by atoms with Gasteiger partial charge in [0.05, 0.1) is 0 Å². The van der Waals surface area contributed by atoms with Crippen LogP contribution in [0.2, 0.25) is 0 Å². The monoisotopic (exact) mass is 251 g/mol. The summed E-state index contributed by atoms with van der Waals surface area (Å²) < 4.78 is 0. The van der Waals surface area contributed by atoms with E-state index in [1.165, 1.54) is 4.80 Å². The van der Waals surface area contributed by atoms with E-state index in [9.17, 15) is 4.79 Å². The molecule has 0 aliphatic rings. The van der Waals surface area contributed by atoms with Crippen molar-refractivity contribution >= 4 is 16.8 Å². The molecular weight excluding hydrogens is 238 g/mol. The quantitative estimate of drug-likeness (QED) is 0.672. The highest BCUT2D eigenvalue weighted by Crippen LogP contribution is 2.11. The van der Waals surface area contributed by atoms with Crippen LogP contribution in [0, 0.1) is 6.92 Å². The van der Waals surface area contributed by atoms with Crippen molar-refractivity contribution in [1.29, 1.82) is 0 Å². The molecule has 0 radical (unpaired) electrons. The molecule has 0 aliphatic heterocycles. The molecule has 0 amide bonds. The second-order valence-electron chi connectivity index (χ2n) is 4.51. The molecule has 0 spiro atoms. The molecule has 0 unspecified atom stereocenters. The van der Waals surface area contributed by atoms with Gasteiger partial charge >= 0.3 is 0 Å². The van der Waals surface area contributed by atoms with Gasteiger partial charge in [0.1, 0.15) is 17.6 Å². The Bertz CT molecular complexity index is 731. The summed E-state index contributed by atoms with van der Waals surface area (Å²) in [6, 6.07) is 15.1. The van der Waals surface area contributed by atoms with Gasteiger partial charge in [0.25, 0.3) is 0 Å². The first-order chi connectivity index (χ1) is 9.22. The molecule has 0 fully saturated rings. The van der Waals surface area contributed by atoms with Crippen molar-refractivity contribution in [1.82, 2.24) is 15.0 Å². The Morgan fingerprint density at radius 3 is 2.58 bits per heavy atom. The SMILES string of the molecule is Cc1ccc2nn(CC(=O)c3ccccc3)nc2c1. The van der Waals surface area contributed by atoms with Crippen molar-refractivity contribution in [2.75, 3.05) is 0 Å². The van der Waals surface area contributed by atoms with Crippen LogP contribution in [0.25, 0.3) is 11.0 Å². The summed E-state index contributed by atoms with van der Waals surface area (Å²) >= 11 is 0. The van der Waals surface area contributed by atoms with Crippen LogP contribution in [-0.4, -0.2) is 20.8 Å². The molecule has 94 valence electrons. The molecular formula is C15H13N3O. The lowest BCUT2D eigenvalue weighted by Gasteiger charge is -1.99. The molecule has 0 bridgehead atoms. The van der Waals surface area contributed by atoms with Crippen LogP contribution < -0.4 is 0 Å². The summed E-state index contributed by atoms with van der Waals surface area (Å²) in [5.74, 6) is 0.0117. The van der Waals surface area contributed by atoms with Crippen LogP contribution in [-0.2, 0) is 6.54 Å². The Morgan fingerprint density at radius 2 is 1.79 bits per heavy atom. The van der Waals surface area contributed by atoms with Gasteiger partial charge in [-0.2, -0.15) is 15.0 Å². The van der Waals surface area contributed by atoms with E-state index >= 15 is 0 Å². The van der Waals surface area contributed by atoms with E-state index in [1.807, 2.05) is 43.3 Å². The zero-order chi connectivity index (χ0) is 13.2. The number of aromatic nitrogens is 3. The van der Waals surface area contributed by atoms with Crippen molar-refractivity contribution in [3.05, 3.63) is 59.7 Å². The van der Waals surface area contributed by atoms with E-state index in [4.69, 9.17) is 0 Å². The van der Waals surface area contributed by atoms with Gasteiger partial charge in [0, 0.05) is 5.56 Å². The van der Waals surface area contributed by atoms with Crippen molar-refractivity contribution in [2.24, 2.45) is 0 Å². The van der Waals surface area contributed by atoms with Crippen LogP contribution >= 0.6 is 0 Å². The number of ketones is 1. The number of nitrogens with zero attached hydrogens (tertiary/aromatic N) is 3. The van der Waals surface area contributed by atoms with Crippen LogP contribution in [0.1, 0.15) is 15.9 Å². The van der Waals surface area contributed by atoms with Gasteiger partial charge in [0.15, 0.2) is 5.78 Å². The highest BCUT2D eigenvalue weighted by molar-refractivity contribution is 5.95. The number of rotatable bonds is 3. The highest BCUT2D eigenvalue weighted by Gasteiger charge is 2.09. The molecule has 0 atom stereocenters. The summed E-state index contributed by atoms with van der Waals surface area (Å²) in [7, 11) is 0. The first kappa shape index (κ1) is 11.6. The number of carbonyl (C=O) groups is 1. The van der Waals surface area contributed by atoms with Gasteiger partial charge in [-0.1, -0.05) is 36.4 Å². The average Bonchev–Trinajstić information content (AvgIpc) is 2.81. The fourth-order valence-electron chi connectivity index (χ4n) is 1.98. The standard InChI is InChI=1S/C15H13N3O/c1-11-7-8-13-14(9-11)17-18(16-13)10-15(19)12-5-3-2-4-6-12/h2-9H,10H2,1H3. The lowest BCUT2D eigenvalue weighted by atomic mass is 10.1. The predicted molar refractivity (Wildman–Crippen MR) is 73.0 cm³/mol. The van der Waals surface area contributed by atoms with Gasteiger partial charge in [0.2, 0.25) is 0 Å². The van der Waals surface area contributed by atoms with Crippen molar-refractivity contribution in [3.63, 3.8) is 0 Å². The van der Waals surface area contributed by atoms with E-state index in [0.717, 1.165) is 16.6 Å². The summed E-state index contributed by atoms with van der Waals surface area (Å²) in [5.41, 5.74) is 3.45. The van der Waals surface area contributed by atoms with E-state index in [-0.39, 0.29) is 12.3 Å². The lowest BCUT2D eigenvalue weighted by Crippen LogP contribution is -2.12. The molecule has 0 saturated heterocycles. The maximum Gasteiger partial charge on any atom is 0.186 e. The second-order valence-corrected chi connectivity index (χ2v) is 4.51. The first-order valence-corrected chi connectivity index (χ1v) is 6.12. The smallest absolute Gasteiger partial charge is 0.186 e. The van der Waals surface area contributed by atoms with E-state index in [0.29, 0.717) is 5.56 Å². The molecule has 0 saturated carbocycles. The number of carbonyl (C=O) groups excluding carboxylic acids is 1. The minimum atomic E-state index is 0.0117. The number of fused-ring (bicyclic) bond motifs is 1. The number of Topliss-reactive ketones (excluding diaryl/α,β-unsaturated/α-hetero) is 1. The first-order valence-electron chi connectivity index (χ1n) is 6.12. The maximum atomic E-state index is 12.1. The molecule has 3 aromatic rings. The number of aryl methyl sites for hydroxylation is 1. The summed E-state index contributed by atoms with van der Waals surface area (Å²) in [5, 5.41) is 8.63. The normalized spacial score (nSPS) is 10.8. The fourth-order valence-corrected chi connectivity index (χ4v) is 1.98. The van der Waals surface area contributed by atoms with Crippen LogP contribution in [0.3, 0.4) is 0 Å². The summed E-state index contributed by atoms with van der Waals surface area (Å²) in [6.07, 6.45) is 0. The third-order valence-electron chi connectivity index (χ3n) is 2.96. The highest BCUT2D eigenvalue weighted by atomic mass is 16.1. The number of benzene rings is 2. The Kier molecular flexibility index (Phi) is 2.83. The second kappa shape index (κ2) is 4.65. The average molecular weight is 251 g/mol. The molecule has 2 aromatic carbocycles. The van der Waals surface area contributed by atoms with Crippen molar-refractivity contribution < 1.29 is 4.79 Å². The number of hydrogen-bond donors (Lipinski definition) is 0. The van der Waals surface area contributed by atoms with Crippen LogP contribution in [0.5, 0.6) is 0 Å².